The van der Waals surface area contributed by atoms with Gasteiger partial charge >= 0.3 is 5.69 Å². The predicted octanol–water partition coefficient (Wildman–Crippen LogP) is 2.00. The molecule has 1 saturated heterocycles. The molecule has 1 unspecified atom stereocenters. The molecule has 0 N–H and O–H groups in total. The Kier molecular flexibility index (Phi) is 5.53. The standard InChI is InChI=1S/C17H20N4O3/c1-4-13(2)7-8-16(22)20-11-10-19(12-14(20)3)17-15(21(23)24)6-5-9-18-17/h4-6,9,14H,10-12H2,1-3H3/b13-4+. The van der Waals surface area contributed by atoms with Gasteiger partial charge in [0.25, 0.3) is 5.91 Å². The minimum Gasteiger partial charge on any atom is -0.347 e. The lowest BCUT2D eigenvalue weighted by atomic mass is 10.1. The Hall–Kier alpha value is -2.88. The van der Waals surface area contributed by atoms with Crippen LogP contribution in [0.3, 0.4) is 0 Å². The molecule has 1 aliphatic rings. The first-order valence-corrected chi connectivity index (χ1v) is 7.74. The van der Waals surface area contributed by atoms with Gasteiger partial charge in [-0.25, -0.2) is 4.98 Å². The Bertz CT molecular complexity index is 733. The van der Waals surface area contributed by atoms with E-state index in [1.165, 1.54) is 12.3 Å². The fourth-order valence-electron chi connectivity index (χ4n) is 2.52. The van der Waals surface area contributed by atoms with Crippen molar-refractivity contribution in [1.29, 1.82) is 0 Å². The molecule has 7 heteroatoms. The van der Waals surface area contributed by atoms with Crippen molar-refractivity contribution in [3.8, 4) is 11.8 Å². The fourth-order valence-corrected chi connectivity index (χ4v) is 2.52. The number of anilines is 1. The summed E-state index contributed by atoms with van der Waals surface area (Å²) in [7, 11) is 0. The summed E-state index contributed by atoms with van der Waals surface area (Å²) in [6, 6.07) is 2.88. The number of allylic oxidation sites excluding steroid dienone is 2. The molecule has 24 heavy (non-hydrogen) atoms. The first kappa shape index (κ1) is 17.5. The van der Waals surface area contributed by atoms with E-state index in [1.807, 2.05) is 31.7 Å². The molecule has 7 nitrogen and oxygen atoms in total. The summed E-state index contributed by atoms with van der Waals surface area (Å²) in [5, 5.41) is 11.1. The van der Waals surface area contributed by atoms with E-state index in [2.05, 4.69) is 16.8 Å². The van der Waals surface area contributed by atoms with Crippen LogP contribution in [0.5, 0.6) is 0 Å². The molecule has 1 aromatic rings. The van der Waals surface area contributed by atoms with Crippen LogP contribution in [0.15, 0.2) is 30.0 Å². The van der Waals surface area contributed by atoms with Crippen LogP contribution in [0.25, 0.3) is 0 Å². The lowest BCUT2D eigenvalue weighted by Crippen LogP contribution is -2.54. The van der Waals surface area contributed by atoms with Crippen molar-refractivity contribution in [2.75, 3.05) is 24.5 Å². The molecule has 1 amide bonds. The second-order valence-corrected chi connectivity index (χ2v) is 5.62. The number of carbonyl (C=O) groups excluding carboxylic acids is 1. The third-order valence-electron chi connectivity index (χ3n) is 3.95. The number of hydrogen-bond acceptors (Lipinski definition) is 5. The monoisotopic (exact) mass is 328 g/mol. The zero-order valence-corrected chi connectivity index (χ0v) is 14.0. The summed E-state index contributed by atoms with van der Waals surface area (Å²) in [4.78, 5) is 30.6. The highest BCUT2D eigenvalue weighted by Crippen LogP contribution is 2.26. The Labute approximate surface area is 141 Å². The van der Waals surface area contributed by atoms with Gasteiger partial charge in [-0.3, -0.25) is 14.9 Å². The van der Waals surface area contributed by atoms with E-state index >= 15 is 0 Å². The highest BCUT2D eigenvalue weighted by molar-refractivity contribution is 5.94. The molecule has 2 rings (SSSR count). The van der Waals surface area contributed by atoms with Crippen molar-refractivity contribution in [3.05, 3.63) is 40.1 Å². The molecule has 0 saturated carbocycles. The van der Waals surface area contributed by atoms with Gasteiger partial charge in [0.05, 0.1) is 4.92 Å². The number of pyridine rings is 1. The van der Waals surface area contributed by atoms with E-state index < -0.39 is 4.92 Å². The quantitative estimate of drug-likeness (QED) is 0.471. The zero-order valence-electron chi connectivity index (χ0n) is 14.0. The van der Waals surface area contributed by atoms with Gasteiger partial charge in [-0.15, -0.1) is 0 Å². The average molecular weight is 328 g/mol. The molecule has 2 heterocycles. The van der Waals surface area contributed by atoms with E-state index in [-0.39, 0.29) is 17.6 Å². The maximum absolute atomic E-state index is 12.2. The maximum Gasteiger partial charge on any atom is 0.311 e. The predicted molar refractivity (Wildman–Crippen MR) is 91.5 cm³/mol. The first-order valence-electron chi connectivity index (χ1n) is 7.74. The molecule has 0 aromatic carbocycles. The summed E-state index contributed by atoms with van der Waals surface area (Å²) >= 11 is 0. The first-order chi connectivity index (χ1) is 11.4. The van der Waals surface area contributed by atoms with E-state index in [4.69, 9.17) is 0 Å². The SMILES string of the molecule is C/C=C(\C)C#CC(=O)N1CCN(c2ncccc2[N+](=O)[O-])CC1C. The van der Waals surface area contributed by atoms with Gasteiger partial charge in [0.1, 0.15) is 0 Å². The number of nitrogens with zero attached hydrogens (tertiary/aromatic N) is 4. The topological polar surface area (TPSA) is 79.6 Å². The second-order valence-electron chi connectivity index (χ2n) is 5.62. The lowest BCUT2D eigenvalue weighted by molar-refractivity contribution is -0.384. The molecular formula is C17H20N4O3. The molecule has 0 bridgehead atoms. The van der Waals surface area contributed by atoms with E-state index in [9.17, 15) is 14.9 Å². The van der Waals surface area contributed by atoms with Crippen molar-refractivity contribution in [1.82, 2.24) is 9.88 Å². The minimum atomic E-state index is -0.435. The van der Waals surface area contributed by atoms with Crippen molar-refractivity contribution < 1.29 is 9.72 Å². The van der Waals surface area contributed by atoms with Gasteiger partial charge < -0.3 is 9.80 Å². The molecule has 1 fully saturated rings. The van der Waals surface area contributed by atoms with Gasteiger partial charge in [-0.1, -0.05) is 12.0 Å². The Morgan fingerprint density at radius 3 is 2.83 bits per heavy atom. The summed E-state index contributed by atoms with van der Waals surface area (Å²) in [5.74, 6) is 5.59. The number of carbonyl (C=O) groups is 1. The Morgan fingerprint density at radius 1 is 1.46 bits per heavy atom. The fraction of sp³-hybridized carbons (Fsp3) is 0.412. The van der Waals surface area contributed by atoms with Crippen molar-refractivity contribution >= 4 is 17.4 Å². The van der Waals surface area contributed by atoms with Gasteiger partial charge in [-0.05, 0) is 32.4 Å². The van der Waals surface area contributed by atoms with Crippen LogP contribution in [-0.4, -0.2) is 46.4 Å². The number of aromatic nitrogens is 1. The normalized spacial score (nSPS) is 18.0. The highest BCUT2D eigenvalue weighted by atomic mass is 16.6. The van der Waals surface area contributed by atoms with Crippen LogP contribution >= 0.6 is 0 Å². The molecule has 1 aromatic heterocycles. The van der Waals surface area contributed by atoms with Crippen molar-refractivity contribution in [2.24, 2.45) is 0 Å². The maximum atomic E-state index is 12.2. The lowest BCUT2D eigenvalue weighted by Gasteiger charge is -2.39. The molecular weight excluding hydrogens is 308 g/mol. The van der Waals surface area contributed by atoms with Crippen LogP contribution in [-0.2, 0) is 4.79 Å². The molecule has 0 aliphatic carbocycles. The van der Waals surface area contributed by atoms with E-state index in [1.54, 1.807) is 11.0 Å². The van der Waals surface area contributed by atoms with Crippen LogP contribution in [0.2, 0.25) is 0 Å². The third-order valence-corrected chi connectivity index (χ3v) is 3.95. The number of amides is 1. The average Bonchev–Trinajstić information content (AvgIpc) is 2.59. The summed E-state index contributed by atoms with van der Waals surface area (Å²) in [6.07, 6.45) is 3.39. The molecule has 1 aliphatic heterocycles. The smallest absolute Gasteiger partial charge is 0.311 e. The largest absolute Gasteiger partial charge is 0.347 e. The van der Waals surface area contributed by atoms with Crippen molar-refractivity contribution in [3.63, 3.8) is 0 Å². The third kappa shape index (κ3) is 3.90. The highest BCUT2D eigenvalue weighted by Gasteiger charge is 2.30. The second kappa shape index (κ2) is 7.59. The van der Waals surface area contributed by atoms with Gasteiger partial charge in [0.15, 0.2) is 0 Å². The van der Waals surface area contributed by atoms with Gasteiger partial charge in [0.2, 0.25) is 5.82 Å². The molecule has 1 atom stereocenters. The summed E-state index contributed by atoms with van der Waals surface area (Å²) in [6.45, 7) is 7.05. The van der Waals surface area contributed by atoms with E-state index in [0.29, 0.717) is 25.5 Å². The van der Waals surface area contributed by atoms with E-state index in [0.717, 1.165) is 5.57 Å². The van der Waals surface area contributed by atoms with Crippen LogP contribution < -0.4 is 4.90 Å². The van der Waals surface area contributed by atoms with Gasteiger partial charge in [0, 0.05) is 43.9 Å². The number of rotatable bonds is 2. The number of nitro groups is 1. The Balaban J connectivity index is 2.12. The molecule has 0 radical (unpaired) electrons. The molecule has 0 spiro atoms. The number of hydrogen-bond donors (Lipinski definition) is 0. The Morgan fingerprint density at radius 2 is 2.21 bits per heavy atom. The van der Waals surface area contributed by atoms with Crippen molar-refractivity contribution in [2.45, 2.75) is 26.8 Å². The summed E-state index contributed by atoms with van der Waals surface area (Å²) < 4.78 is 0. The number of piperazine rings is 1. The van der Waals surface area contributed by atoms with Crippen LogP contribution in [0.1, 0.15) is 20.8 Å². The zero-order chi connectivity index (χ0) is 17.7. The minimum absolute atomic E-state index is 0.0204. The van der Waals surface area contributed by atoms with Crippen LogP contribution in [0.4, 0.5) is 11.5 Å². The molecule has 126 valence electrons. The summed E-state index contributed by atoms with van der Waals surface area (Å²) in [5.41, 5.74) is 0.826. The van der Waals surface area contributed by atoms with Crippen LogP contribution in [0, 0.1) is 22.0 Å². The van der Waals surface area contributed by atoms with Gasteiger partial charge in [-0.2, -0.15) is 0 Å².